The number of benzene rings is 2. The van der Waals surface area contributed by atoms with Gasteiger partial charge in [0.25, 0.3) is 11.8 Å². The molecular weight excluding hydrogens is 356 g/mol. The number of aryl methyl sites for hydroxylation is 2. The molecule has 2 aromatic carbocycles. The first-order valence-electron chi connectivity index (χ1n) is 9.04. The van der Waals surface area contributed by atoms with Crippen molar-refractivity contribution in [2.24, 2.45) is 0 Å². The fourth-order valence-electron chi connectivity index (χ4n) is 3.37. The van der Waals surface area contributed by atoms with E-state index in [4.69, 9.17) is 9.47 Å². The van der Waals surface area contributed by atoms with Crippen molar-refractivity contribution in [1.82, 2.24) is 4.90 Å². The summed E-state index contributed by atoms with van der Waals surface area (Å²) in [4.78, 5) is 27.4. The Morgan fingerprint density at radius 2 is 1.64 bits per heavy atom. The van der Waals surface area contributed by atoms with E-state index in [1.165, 1.54) is 12.0 Å². The Labute approximate surface area is 164 Å². The minimum absolute atomic E-state index is 0.185. The molecule has 1 N–H and O–H groups in total. The quantitative estimate of drug-likeness (QED) is 0.748. The summed E-state index contributed by atoms with van der Waals surface area (Å²) < 4.78 is 10.5. The first kappa shape index (κ1) is 19.6. The molecule has 0 fully saturated rings. The van der Waals surface area contributed by atoms with Crippen LogP contribution in [-0.2, 0) is 14.3 Å². The van der Waals surface area contributed by atoms with Gasteiger partial charge < -0.3 is 14.8 Å². The van der Waals surface area contributed by atoms with E-state index in [1.807, 2.05) is 44.2 Å². The molecular formula is C22H24N2O4. The van der Waals surface area contributed by atoms with Gasteiger partial charge in [-0.1, -0.05) is 24.3 Å². The monoisotopic (exact) mass is 380 g/mol. The maximum absolute atomic E-state index is 13.1. The van der Waals surface area contributed by atoms with Crippen LogP contribution in [0.2, 0.25) is 0 Å². The van der Waals surface area contributed by atoms with E-state index in [1.54, 1.807) is 19.2 Å². The van der Waals surface area contributed by atoms with Crippen molar-refractivity contribution < 1.29 is 19.1 Å². The van der Waals surface area contributed by atoms with Crippen molar-refractivity contribution in [2.75, 3.05) is 32.7 Å². The number of amides is 2. The minimum atomic E-state index is -0.373. The average Bonchev–Trinajstić information content (AvgIpc) is 2.89. The lowest BCUT2D eigenvalue weighted by molar-refractivity contribution is -0.137. The van der Waals surface area contributed by atoms with Gasteiger partial charge >= 0.3 is 0 Å². The standard InChI is InChI=1S/C22H24N2O4/c1-14-11-15(2)13-16(12-14)23-20-19(17-7-5-6-8-18(17)28-4)21(25)24(22(20)26)9-10-27-3/h5-8,11-13,23H,9-10H2,1-4H3. The summed E-state index contributed by atoms with van der Waals surface area (Å²) in [5.74, 6) is -0.201. The molecule has 1 aliphatic rings. The Bertz CT molecular complexity index is 929. The predicted molar refractivity (Wildman–Crippen MR) is 108 cm³/mol. The molecule has 0 atom stereocenters. The number of ether oxygens (including phenoxy) is 2. The molecule has 0 saturated heterocycles. The zero-order valence-electron chi connectivity index (χ0n) is 16.5. The zero-order chi connectivity index (χ0) is 20.3. The maximum Gasteiger partial charge on any atom is 0.278 e. The number of hydrogen-bond donors (Lipinski definition) is 1. The molecule has 0 aliphatic carbocycles. The van der Waals surface area contributed by atoms with Crippen molar-refractivity contribution in [1.29, 1.82) is 0 Å². The van der Waals surface area contributed by atoms with Crippen LogP contribution >= 0.6 is 0 Å². The number of nitrogens with one attached hydrogen (secondary N) is 1. The van der Waals surface area contributed by atoms with Gasteiger partial charge in [0.2, 0.25) is 0 Å². The van der Waals surface area contributed by atoms with Crippen molar-refractivity contribution in [3.05, 3.63) is 64.9 Å². The molecule has 2 amide bonds. The molecule has 2 aromatic rings. The van der Waals surface area contributed by atoms with Crippen LogP contribution in [0, 0.1) is 13.8 Å². The van der Waals surface area contributed by atoms with Crippen LogP contribution in [0.5, 0.6) is 5.75 Å². The zero-order valence-corrected chi connectivity index (χ0v) is 16.5. The molecule has 0 saturated carbocycles. The van der Waals surface area contributed by atoms with Gasteiger partial charge in [0, 0.05) is 18.4 Å². The molecule has 0 bridgehead atoms. The Morgan fingerprint density at radius 3 is 2.29 bits per heavy atom. The summed E-state index contributed by atoms with van der Waals surface area (Å²) in [5.41, 5.74) is 4.02. The highest BCUT2D eigenvalue weighted by atomic mass is 16.5. The van der Waals surface area contributed by atoms with Gasteiger partial charge in [-0.3, -0.25) is 14.5 Å². The van der Waals surface area contributed by atoms with Crippen LogP contribution in [0.1, 0.15) is 16.7 Å². The highest BCUT2D eigenvalue weighted by Crippen LogP contribution is 2.35. The second-order valence-electron chi connectivity index (χ2n) is 6.71. The number of anilines is 1. The van der Waals surface area contributed by atoms with E-state index in [0.717, 1.165) is 16.8 Å². The van der Waals surface area contributed by atoms with Crippen LogP contribution in [0.25, 0.3) is 5.57 Å². The lowest BCUT2D eigenvalue weighted by atomic mass is 10.0. The van der Waals surface area contributed by atoms with E-state index in [0.29, 0.717) is 16.9 Å². The summed E-state index contributed by atoms with van der Waals surface area (Å²) in [7, 11) is 3.08. The van der Waals surface area contributed by atoms with Gasteiger partial charge in [-0.2, -0.15) is 0 Å². The second kappa shape index (κ2) is 8.27. The molecule has 1 heterocycles. The fourth-order valence-corrected chi connectivity index (χ4v) is 3.37. The number of carbonyl (C=O) groups excluding carboxylic acids is 2. The van der Waals surface area contributed by atoms with Crippen molar-refractivity contribution in [3.63, 3.8) is 0 Å². The SMILES string of the molecule is COCCN1C(=O)C(Nc2cc(C)cc(C)c2)=C(c2ccccc2OC)C1=O. The Morgan fingerprint density at radius 1 is 0.964 bits per heavy atom. The molecule has 0 unspecified atom stereocenters. The summed E-state index contributed by atoms with van der Waals surface area (Å²) >= 11 is 0. The van der Waals surface area contributed by atoms with Gasteiger partial charge in [0.1, 0.15) is 11.4 Å². The molecule has 0 aromatic heterocycles. The third kappa shape index (κ3) is 3.77. The van der Waals surface area contributed by atoms with Crippen molar-refractivity contribution in [2.45, 2.75) is 13.8 Å². The molecule has 28 heavy (non-hydrogen) atoms. The Hall–Kier alpha value is -3.12. The van der Waals surface area contributed by atoms with Gasteiger partial charge in [0.05, 0.1) is 25.8 Å². The van der Waals surface area contributed by atoms with Gasteiger partial charge in [0.15, 0.2) is 0 Å². The Balaban J connectivity index is 2.11. The number of para-hydroxylation sites is 1. The largest absolute Gasteiger partial charge is 0.496 e. The topological polar surface area (TPSA) is 67.9 Å². The summed E-state index contributed by atoms with van der Waals surface area (Å²) in [6, 6.07) is 13.1. The number of imide groups is 1. The van der Waals surface area contributed by atoms with Crippen molar-refractivity contribution in [3.8, 4) is 5.75 Å². The number of rotatable bonds is 7. The second-order valence-corrected chi connectivity index (χ2v) is 6.71. The van der Waals surface area contributed by atoms with Gasteiger partial charge in [-0.15, -0.1) is 0 Å². The molecule has 3 rings (SSSR count). The van der Waals surface area contributed by atoms with E-state index < -0.39 is 0 Å². The fraction of sp³-hybridized carbons (Fsp3) is 0.273. The minimum Gasteiger partial charge on any atom is -0.496 e. The predicted octanol–water partition coefficient (Wildman–Crippen LogP) is 3.15. The molecule has 146 valence electrons. The summed E-state index contributed by atoms with van der Waals surface area (Å²) in [5, 5.41) is 3.18. The van der Waals surface area contributed by atoms with E-state index in [-0.39, 0.29) is 30.7 Å². The van der Waals surface area contributed by atoms with Crippen LogP contribution in [0.15, 0.2) is 48.2 Å². The number of hydrogen-bond acceptors (Lipinski definition) is 5. The summed E-state index contributed by atoms with van der Waals surface area (Å²) in [6.45, 7) is 4.43. The lowest BCUT2D eigenvalue weighted by Crippen LogP contribution is -2.35. The van der Waals surface area contributed by atoms with Gasteiger partial charge in [-0.05, 0) is 43.2 Å². The summed E-state index contributed by atoms with van der Waals surface area (Å²) in [6.07, 6.45) is 0. The van der Waals surface area contributed by atoms with E-state index in [9.17, 15) is 9.59 Å². The molecule has 6 heteroatoms. The van der Waals surface area contributed by atoms with Crippen LogP contribution < -0.4 is 10.1 Å². The molecule has 1 aliphatic heterocycles. The van der Waals surface area contributed by atoms with E-state index >= 15 is 0 Å². The molecule has 0 spiro atoms. The highest BCUT2D eigenvalue weighted by molar-refractivity contribution is 6.37. The molecule has 6 nitrogen and oxygen atoms in total. The normalized spacial score (nSPS) is 14.1. The number of methoxy groups -OCH3 is 2. The first-order chi connectivity index (χ1) is 13.5. The van der Waals surface area contributed by atoms with Crippen molar-refractivity contribution >= 4 is 23.1 Å². The number of carbonyl (C=O) groups is 2. The highest BCUT2D eigenvalue weighted by Gasteiger charge is 2.40. The Kier molecular flexibility index (Phi) is 5.80. The smallest absolute Gasteiger partial charge is 0.278 e. The number of nitrogens with zero attached hydrogens (tertiary/aromatic N) is 1. The first-order valence-corrected chi connectivity index (χ1v) is 9.04. The van der Waals surface area contributed by atoms with Gasteiger partial charge in [-0.25, -0.2) is 0 Å². The molecule has 0 radical (unpaired) electrons. The third-order valence-corrected chi connectivity index (χ3v) is 4.55. The van der Waals surface area contributed by atoms with Crippen LogP contribution in [-0.4, -0.2) is 44.1 Å². The van der Waals surface area contributed by atoms with E-state index in [2.05, 4.69) is 5.32 Å². The lowest BCUT2D eigenvalue weighted by Gasteiger charge is -2.15. The van der Waals surface area contributed by atoms with Crippen LogP contribution in [0.3, 0.4) is 0 Å². The maximum atomic E-state index is 13.1. The average molecular weight is 380 g/mol. The third-order valence-electron chi connectivity index (χ3n) is 4.55. The van der Waals surface area contributed by atoms with Crippen LogP contribution in [0.4, 0.5) is 5.69 Å².